The first kappa shape index (κ1) is 42.6. The van der Waals surface area contributed by atoms with Gasteiger partial charge >= 0.3 is 0 Å². The molecule has 50 heavy (non-hydrogen) atoms. The maximum absolute atomic E-state index is 13.6. The van der Waals surface area contributed by atoms with E-state index in [4.69, 9.17) is 18.3 Å². The number of carbonyl (C=O) groups excluding carboxylic acids is 1. The first-order valence-corrected chi connectivity index (χ1v) is 24.9. The van der Waals surface area contributed by atoms with Crippen LogP contribution in [-0.2, 0) is 23.1 Å². The molecule has 0 radical (unpaired) electrons. The van der Waals surface area contributed by atoms with Crippen LogP contribution >= 0.6 is 0 Å². The molecule has 3 aliphatic rings. The quantitative estimate of drug-likeness (QED) is 0.113. The van der Waals surface area contributed by atoms with E-state index in [2.05, 4.69) is 143 Å². The number of carbonyl (C=O) groups is 1. The highest BCUT2D eigenvalue weighted by Gasteiger charge is 2.41. The van der Waals surface area contributed by atoms with Crippen molar-refractivity contribution in [2.24, 2.45) is 11.8 Å². The zero-order valence-corrected chi connectivity index (χ0v) is 35.7. The van der Waals surface area contributed by atoms with Gasteiger partial charge in [0.1, 0.15) is 0 Å². The summed E-state index contributed by atoms with van der Waals surface area (Å²) in [6.07, 6.45) is 21.0. The van der Waals surface area contributed by atoms with Crippen molar-refractivity contribution in [3.05, 3.63) is 60.3 Å². The Kier molecular flexibility index (Phi) is 15.6. The maximum Gasteiger partial charge on any atom is 0.205 e. The second-order valence-corrected chi connectivity index (χ2v) is 27.8. The smallest absolute Gasteiger partial charge is 0.205 e. The molecule has 3 aliphatic heterocycles. The van der Waals surface area contributed by atoms with Gasteiger partial charge in [0.2, 0.25) is 5.78 Å². The molecule has 0 aromatic heterocycles. The molecule has 0 saturated heterocycles. The van der Waals surface area contributed by atoms with E-state index < -0.39 is 16.6 Å². The predicted octanol–water partition coefficient (Wildman–Crippen LogP) is 11.1. The van der Waals surface area contributed by atoms with E-state index in [-0.39, 0.29) is 52.3 Å². The molecule has 3 rings (SSSR count). The molecule has 5 nitrogen and oxygen atoms in total. The first-order valence-electron chi connectivity index (χ1n) is 19.1. The molecule has 0 amide bonds. The van der Waals surface area contributed by atoms with Crippen LogP contribution in [0, 0.1) is 23.7 Å². The average molecular weight is 723 g/mol. The molecule has 280 valence electrons. The molecule has 7 heteroatoms. The van der Waals surface area contributed by atoms with E-state index in [1.807, 2.05) is 0 Å². The molecule has 0 N–H and O–H groups in total. The SMILES string of the molecule is C=C1CC(O[Si](C)(C)C(C)(C)C)/C=C/C[C@@H]([C@H](/C=C/[C@@H]2CC(C)=CCO2)O[Si](C)(C)C(C)(C)C)CC(=O)C#CC[C@@H]2C=CC[C@@H](C[C@@H](C)C1)O2. The van der Waals surface area contributed by atoms with Gasteiger partial charge in [-0.25, -0.2) is 0 Å². The normalized spacial score (nSPS) is 29.8. The fourth-order valence-corrected chi connectivity index (χ4v) is 8.89. The Bertz CT molecular complexity index is 1330. The second-order valence-electron chi connectivity index (χ2n) is 18.3. The monoisotopic (exact) mass is 722 g/mol. The number of hydrogen-bond donors (Lipinski definition) is 0. The van der Waals surface area contributed by atoms with Crippen LogP contribution in [0.3, 0.4) is 0 Å². The van der Waals surface area contributed by atoms with Crippen LogP contribution in [0.4, 0.5) is 0 Å². The molecule has 0 aromatic rings. The average Bonchev–Trinajstić information content (AvgIpc) is 2.97. The third kappa shape index (κ3) is 13.6. The molecule has 7 atom stereocenters. The zero-order chi connectivity index (χ0) is 37.3. The van der Waals surface area contributed by atoms with Crippen molar-refractivity contribution in [1.29, 1.82) is 0 Å². The van der Waals surface area contributed by atoms with E-state index in [1.165, 1.54) is 11.1 Å². The van der Waals surface area contributed by atoms with Gasteiger partial charge in [-0.2, -0.15) is 0 Å². The molecule has 2 bridgehead atoms. The summed E-state index contributed by atoms with van der Waals surface area (Å²) in [4.78, 5) is 13.6. The summed E-state index contributed by atoms with van der Waals surface area (Å²) >= 11 is 0. The third-order valence-corrected chi connectivity index (χ3v) is 20.4. The van der Waals surface area contributed by atoms with Crippen LogP contribution in [0.25, 0.3) is 0 Å². The Morgan fingerprint density at radius 1 is 0.960 bits per heavy atom. The molecule has 3 heterocycles. The van der Waals surface area contributed by atoms with Crippen molar-refractivity contribution in [3.8, 4) is 11.8 Å². The van der Waals surface area contributed by atoms with E-state index in [1.54, 1.807) is 0 Å². The fraction of sp³-hybridized carbons (Fsp3) is 0.698. The summed E-state index contributed by atoms with van der Waals surface area (Å²) < 4.78 is 26.7. The number of ether oxygens (including phenoxy) is 2. The van der Waals surface area contributed by atoms with Crippen LogP contribution in [0.5, 0.6) is 0 Å². The minimum absolute atomic E-state index is 0.00101. The molecule has 0 aliphatic carbocycles. The predicted molar refractivity (Wildman–Crippen MR) is 215 cm³/mol. The number of fused-ring (bicyclic) bond motifs is 2. The largest absolute Gasteiger partial charge is 0.410 e. The van der Waals surface area contributed by atoms with Crippen molar-refractivity contribution in [2.45, 2.75) is 174 Å². The number of ketones is 1. The Balaban J connectivity index is 2.03. The van der Waals surface area contributed by atoms with Crippen LogP contribution < -0.4 is 0 Å². The summed E-state index contributed by atoms with van der Waals surface area (Å²) in [5.74, 6) is 6.47. The highest BCUT2D eigenvalue weighted by Crippen LogP contribution is 2.40. The minimum atomic E-state index is -2.21. The Morgan fingerprint density at radius 2 is 1.64 bits per heavy atom. The lowest BCUT2D eigenvalue weighted by Crippen LogP contribution is -2.45. The second kappa shape index (κ2) is 18.3. The molecular formula is C43H70O5Si2. The first-order chi connectivity index (χ1) is 23.1. The summed E-state index contributed by atoms with van der Waals surface area (Å²) in [5, 5.41) is 0.0963. The molecule has 0 saturated carbocycles. The lowest BCUT2D eigenvalue weighted by molar-refractivity contribution is -0.115. The lowest BCUT2D eigenvalue weighted by Gasteiger charge is -2.40. The van der Waals surface area contributed by atoms with Crippen LogP contribution in [-0.4, -0.2) is 59.5 Å². The van der Waals surface area contributed by atoms with Gasteiger partial charge in [0.25, 0.3) is 0 Å². The maximum atomic E-state index is 13.6. The molecule has 0 fully saturated rings. The summed E-state index contributed by atoms with van der Waals surface area (Å²) in [5.41, 5.74) is 2.55. The lowest BCUT2D eigenvalue weighted by atomic mass is 9.90. The van der Waals surface area contributed by atoms with Gasteiger partial charge in [0.15, 0.2) is 16.6 Å². The highest BCUT2D eigenvalue weighted by molar-refractivity contribution is 6.74. The van der Waals surface area contributed by atoms with Crippen molar-refractivity contribution < 1.29 is 23.1 Å². The van der Waals surface area contributed by atoms with Gasteiger partial charge in [-0.05, 0) is 99.5 Å². The van der Waals surface area contributed by atoms with E-state index in [0.717, 1.165) is 32.1 Å². The molecule has 1 unspecified atom stereocenters. The van der Waals surface area contributed by atoms with Crippen LogP contribution in [0.15, 0.2) is 60.3 Å². The number of hydrogen-bond acceptors (Lipinski definition) is 5. The van der Waals surface area contributed by atoms with Crippen molar-refractivity contribution in [1.82, 2.24) is 0 Å². The van der Waals surface area contributed by atoms with E-state index in [9.17, 15) is 4.79 Å². The standard InChI is InChI=1S/C43H70O5Si2/c1-32-25-26-45-38(28-32)23-24-41(48-50(12,13)43(7,8)9)35-17-14-22-40(47-49(10,11)42(4,5)6)30-34(3)27-33(2)29-39-21-16-20-37(46-39)19-15-18-36(44)31-35/h14,16,20,22-25,33,35,37-41H,3,17,19,21,26-31H2,1-2,4-13H3/b22-14+,24-23+/t33-,35+,37+,38+,39-,40?,41-/m0/s1. The third-order valence-electron chi connectivity index (χ3n) is 11.4. The summed E-state index contributed by atoms with van der Waals surface area (Å²) in [6, 6.07) is 0. The van der Waals surface area contributed by atoms with Crippen LogP contribution in [0.1, 0.15) is 107 Å². The van der Waals surface area contributed by atoms with Crippen molar-refractivity contribution in [2.75, 3.05) is 6.61 Å². The van der Waals surface area contributed by atoms with Gasteiger partial charge in [-0.15, -0.1) is 0 Å². The Hall–Kier alpha value is -1.80. The zero-order valence-electron chi connectivity index (χ0n) is 33.7. The van der Waals surface area contributed by atoms with Gasteiger partial charge in [0.05, 0.1) is 37.1 Å². The van der Waals surface area contributed by atoms with Gasteiger partial charge < -0.3 is 18.3 Å². The topological polar surface area (TPSA) is 54.0 Å². The summed E-state index contributed by atoms with van der Waals surface area (Å²) in [6.45, 7) is 32.5. The number of Topliss-reactive ketones (excluding diaryl/α,β-unsaturated/α-hetero) is 1. The van der Waals surface area contributed by atoms with Crippen LogP contribution in [0.2, 0.25) is 36.3 Å². The Labute approximate surface area is 308 Å². The Morgan fingerprint density at radius 3 is 2.30 bits per heavy atom. The van der Waals surface area contributed by atoms with Crippen molar-refractivity contribution in [3.63, 3.8) is 0 Å². The fourth-order valence-electron chi connectivity index (χ4n) is 6.31. The number of allylic oxidation sites excluding steroid dienone is 1. The van der Waals surface area contributed by atoms with Gasteiger partial charge in [-0.1, -0.05) is 115 Å². The minimum Gasteiger partial charge on any atom is -0.410 e. The highest BCUT2D eigenvalue weighted by atomic mass is 28.4. The summed E-state index contributed by atoms with van der Waals surface area (Å²) in [7, 11) is -4.28. The number of rotatable bonds is 7. The van der Waals surface area contributed by atoms with Gasteiger partial charge in [-0.3, -0.25) is 4.79 Å². The van der Waals surface area contributed by atoms with Gasteiger partial charge in [0, 0.05) is 12.8 Å². The van der Waals surface area contributed by atoms with Crippen molar-refractivity contribution >= 4 is 22.4 Å². The molecule has 0 spiro atoms. The van der Waals surface area contributed by atoms with E-state index >= 15 is 0 Å². The molecular weight excluding hydrogens is 653 g/mol. The molecule has 0 aromatic carbocycles. The van der Waals surface area contributed by atoms with E-state index in [0.29, 0.717) is 31.8 Å².